The minimum absolute atomic E-state index is 0.140. The van der Waals surface area contributed by atoms with Gasteiger partial charge < -0.3 is 5.11 Å². The number of hydrogen-bond acceptors (Lipinski definition) is 1. The Morgan fingerprint density at radius 3 is 2.47 bits per heavy atom. The molecule has 2 heteroatoms. The molecule has 0 aliphatic rings. The zero-order valence-electron chi connectivity index (χ0n) is 9.78. The van der Waals surface area contributed by atoms with E-state index in [1.165, 1.54) is 12.1 Å². The molecular weight excluding hydrogens is 215 g/mol. The van der Waals surface area contributed by atoms with E-state index in [2.05, 4.69) is 0 Å². The first-order chi connectivity index (χ1) is 8.22. The number of hydrogen-bond donors (Lipinski definition) is 1. The highest BCUT2D eigenvalue weighted by Gasteiger charge is 2.10. The monoisotopic (exact) mass is 230 g/mol. The lowest BCUT2D eigenvalue weighted by atomic mass is 10.0. The first kappa shape index (κ1) is 11.6. The van der Waals surface area contributed by atoms with Crippen molar-refractivity contribution in [2.45, 2.75) is 19.8 Å². The molecule has 0 aliphatic heterocycles. The van der Waals surface area contributed by atoms with Gasteiger partial charge in [0, 0.05) is 5.56 Å². The van der Waals surface area contributed by atoms with Gasteiger partial charge in [-0.05, 0) is 29.7 Å². The maximum Gasteiger partial charge on any atom is 0.127 e. The van der Waals surface area contributed by atoms with Gasteiger partial charge in [-0.25, -0.2) is 4.39 Å². The predicted octanol–water partition coefficient (Wildman–Crippen LogP) is 4.15. The first-order valence-electron chi connectivity index (χ1n) is 5.79. The van der Waals surface area contributed by atoms with Gasteiger partial charge in [-0.3, -0.25) is 0 Å². The normalized spacial score (nSPS) is 10.5. The Labute approximate surface area is 101 Å². The Morgan fingerprint density at radius 1 is 1.12 bits per heavy atom. The van der Waals surface area contributed by atoms with E-state index >= 15 is 0 Å². The largest absolute Gasteiger partial charge is 0.507 e. The van der Waals surface area contributed by atoms with E-state index in [9.17, 15) is 9.50 Å². The third-order valence-corrected chi connectivity index (χ3v) is 2.77. The van der Waals surface area contributed by atoms with Gasteiger partial charge in [0.1, 0.15) is 11.6 Å². The second-order valence-corrected chi connectivity index (χ2v) is 4.08. The van der Waals surface area contributed by atoms with Crippen molar-refractivity contribution in [2.75, 3.05) is 0 Å². The highest BCUT2D eigenvalue weighted by molar-refractivity contribution is 5.70. The summed E-state index contributed by atoms with van der Waals surface area (Å²) in [5.41, 5.74) is 1.94. The van der Waals surface area contributed by atoms with Gasteiger partial charge in [-0.15, -0.1) is 0 Å². The van der Waals surface area contributed by atoms with Crippen molar-refractivity contribution in [1.82, 2.24) is 0 Å². The van der Waals surface area contributed by atoms with E-state index in [0.717, 1.165) is 12.0 Å². The Hall–Kier alpha value is -1.83. The van der Waals surface area contributed by atoms with Crippen molar-refractivity contribution >= 4 is 0 Å². The Morgan fingerprint density at radius 2 is 1.82 bits per heavy atom. The summed E-state index contributed by atoms with van der Waals surface area (Å²) in [6.45, 7) is 1.99. The van der Waals surface area contributed by atoms with Crippen LogP contribution < -0.4 is 0 Å². The first-order valence-corrected chi connectivity index (χ1v) is 5.79. The third kappa shape index (κ3) is 2.47. The van der Waals surface area contributed by atoms with Crippen molar-refractivity contribution in [3.63, 3.8) is 0 Å². The molecule has 2 aromatic rings. The third-order valence-electron chi connectivity index (χ3n) is 2.77. The molecule has 0 saturated carbocycles. The van der Waals surface area contributed by atoms with Crippen molar-refractivity contribution in [2.24, 2.45) is 0 Å². The van der Waals surface area contributed by atoms with E-state index < -0.39 is 0 Å². The highest BCUT2D eigenvalue weighted by Crippen LogP contribution is 2.31. The maximum atomic E-state index is 13.8. The van der Waals surface area contributed by atoms with E-state index in [1.807, 2.05) is 37.3 Å². The van der Waals surface area contributed by atoms with Crippen LogP contribution in [0.3, 0.4) is 0 Å². The molecule has 0 aromatic heterocycles. The van der Waals surface area contributed by atoms with Crippen LogP contribution >= 0.6 is 0 Å². The van der Waals surface area contributed by atoms with Crippen LogP contribution in [0.2, 0.25) is 0 Å². The second kappa shape index (κ2) is 5.00. The molecule has 0 atom stereocenters. The molecule has 0 aliphatic carbocycles. The average molecular weight is 230 g/mol. The summed E-state index contributed by atoms with van der Waals surface area (Å²) in [4.78, 5) is 0. The molecule has 2 rings (SSSR count). The van der Waals surface area contributed by atoms with E-state index in [1.54, 1.807) is 0 Å². The summed E-state index contributed by atoms with van der Waals surface area (Å²) in [5.74, 6) is -0.107. The molecule has 17 heavy (non-hydrogen) atoms. The fourth-order valence-corrected chi connectivity index (χ4v) is 1.91. The molecule has 0 amide bonds. The summed E-state index contributed by atoms with van der Waals surface area (Å²) in [6, 6.07) is 12.3. The van der Waals surface area contributed by atoms with Crippen LogP contribution in [0, 0.1) is 5.82 Å². The molecule has 0 bridgehead atoms. The number of aromatic hydroxyl groups is 1. The van der Waals surface area contributed by atoms with Crippen LogP contribution in [0.1, 0.15) is 18.9 Å². The number of halogens is 1. The predicted molar refractivity (Wildman–Crippen MR) is 67.5 cm³/mol. The molecule has 1 nitrogen and oxygen atoms in total. The van der Waals surface area contributed by atoms with E-state index in [-0.39, 0.29) is 11.6 Å². The van der Waals surface area contributed by atoms with Crippen LogP contribution in [0.4, 0.5) is 4.39 Å². The Kier molecular flexibility index (Phi) is 3.43. The molecule has 88 valence electrons. The van der Waals surface area contributed by atoms with Gasteiger partial charge >= 0.3 is 0 Å². The lowest BCUT2D eigenvalue weighted by Crippen LogP contribution is -1.91. The lowest BCUT2D eigenvalue weighted by Gasteiger charge is -2.08. The molecule has 0 heterocycles. The number of phenols is 1. The van der Waals surface area contributed by atoms with Crippen molar-refractivity contribution in [3.05, 3.63) is 53.8 Å². The van der Waals surface area contributed by atoms with Crippen LogP contribution in [0.15, 0.2) is 42.5 Å². The Bertz CT molecular complexity index is 506. The zero-order valence-corrected chi connectivity index (χ0v) is 9.78. The summed E-state index contributed by atoms with van der Waals surface area (Å²) in [7, 11) is 0. The average Bonchev–Trinajstić information content (AvgIpc) is 2.35. The van der Waals surface area contributed by atoms with E-state index in [4.69, 9.17) is 0 Å². The zero-order chi connectivity index (χ0) is 12.3. The topological polar surface area (TPSA) is 20.2 Å². The molecule has 1 N–H and O–H groups in total. The Balaban J connectivity index is 2.47. The highest BCUT2D eigenvalue weighted by atomic mass is 19.1. The molecule has 0 fully saturated rings. The van der Waals surface area contributed by atoms with Crippen LogP contribution in [-0.4, -0.2) is 5.11 Å². The standard InChI is InChI=1S/C15H15FO/c1-2-6-12-9-15(17)13(10-14(12)16)11-7-4-3-5-8-11/h3-5,7-10,17H,2,6H2,1H3. The minimum atomic E-state index is -0.247. The number of phenolic OH excluding ortho intramolecular Hbond substituents is 1. The smallest absolute Gasteiger partial charge is 0.127 e. The summed E-state index contributed by atoms with van der Waals surface area (Å²) in [6.07, 6.45) is 1.51. The second-order valence-electron chi connectivity index (χ2n) is 4.08. The van der Waals surface area contributed by atoms with Crippen molar-refractivity contribution < 1.29 is 9.50 Å². The van der Waals surface area contributed by atoms with Gasteiger partial charge in [0.05, 0.1) is 0 Å². The van der Waals surface area contributed by atoms with Crippen molar-refractivity contribution in [1.29, 1.82) is 0 Å². The quantitative estimate of drug-likeness (QED) is 0.839. The van der Waals surface area contributed by atoms with E-state index in [0.29, 0.717) is 17.5 Å². The SMILES string of the molecule is CCCc1cc(O)c(-c2ccccc2)cc1F. The summed E-state index contributed by atoms with van der Waals surface area (Å²) in [5, 5.41) is 9.93. The van der Waals surface area contributed by atoms with Crippen LogP contribution in [0.25, 0.3) is 11.1 Å². The van der Waals surface area contributed by atoms with Crippen molar-refractivity contribution in [3.8, 4) is 16.9 Å². The van der Waals surface area contributed by atoms with Gasteiger partial charge in [0.25, 0.3) is 0 Å². The van der Waals surface area contributed by atoms with Gasteiger partial charge in [-0.1, -0.05) is 43.7 Å². The fourth-order valence-electron chi connectivity index (χ4n) is 1.91. The molecular formula is C15H15FO. The van der Waals surface area contributed by atoms with Gasteiger partial charge in [0.2, 0.25) is 0 Å². The lowest BCUT2D eigenvalue weighted by molar-refractivity contribution is 0.473. The maximum absolute atomic E-state index is 13.8. The summed E-state index contributed by atoms with van der Waals surface area (Å²) < 4.78 is 13.8. The molecule has 2 aromatic carbocycles. The summed E-state index contributed by atoms with van der Waals surface area (Å²) >= 11 is 0. The molecule has 0 spiro atoms. The number of benzene rings is 2. The van der Waals surface area contributed by atoms with Gasteiger partial charge in [0.15, 0.2) is 0 Å². The number of aryl methyl sites for hydroxylation is 1. The molecule has 0 radical (unpaired) electrons. The number of rotatable bonds is 3. The molecule has 0 unspecified atom stereocenters. The fraction of sp³-hybridized carbons (Fsp3) is 0.200. The molecule has 0 saturated heterocycles. The van der Waals surface area contributed by atoms with Crippen LogP contribution in [0.5, 0.6) is 5.75 Å². The minimum Gasteiger partial charge on any atom is -0.507 e. The van der Waals surface area contributed by atoms with Gasteiger partial charge in [-0.2, -0.15) is 0 Å². The van der Waals surface area contributed by atoms with Crippen LogP contribution in [-0.2, 0) is 6.42 Å².